The van der Waals surface area contributed by atoms with Crippen LogP contribution < -0.4 is 16.2 Å². The van der Waals surface area contributed by atoms with Crippen molar-refractivity contribution >= 4 is 29.3 Å². The molecule has 0 atom stereocenters. The van der Waals surface area contributed by atoms with Gasteiger partial charge in [0.05, 0.1) is 11.9 Å². The molecule has 3 N–H and O–H groups in total. The number of anilines is 2. The maximum absolute atomic E-state index is 13.2. The highest BCUT2D eigenvalue weighted by atomic mass is 19.1. The van der Waals surface area contributed by atoms with Crippen LogP contribution in [0.3, 0.4) is 0 Å². The van der Waals surface area contributed by atoms with Gasteiger partial charge in [0.25, 0.3) is 5.56 Å². The lowest BCUT2D eigenvalue weighted by Crippen LogP contribution is -2.32. The normalized spacial score (nSPS) is 11.5. The first-order valence-corrected chi connectivity index (χ1v) is 9.48. The van der Waals surface area contributed by atoms with E-state index >= 15 is 0 Å². The van der Waals surface area contributed by atoms with Gasteiger partial charge >= 0.3 is 0 Å². The van der Waals surface area contributed by atoms with E-state index in [1.807, 2.05) is 27.7 Å². The SMILES string of the molecule is CCNc1c(C=N)n2nc(C(C)(C)C)cc2n(CC(=O)Nc2ccc(F)cn2)c1=O. The highest BCUT2D eigenvalue weighted by molar-refractivity contribution is 5.90. The van der Waals surface area contributed by atoms with Crippen molar-refractivity contribution in [2.24, 2.45) is 0 Å². The molecule has 9 nitrogen and oxygen atoms in total. The summed E-state index contributed by atoms with van der Waals surface area (Å²) in [6, 6.07) is 4.26. The Labute approximate surface area is 172 Å². The van der Waals surface area contributed by atoms with E-state index in [1.165, 1.54) is 21.2 Å². The predicted octanol–water partition coefficient (Wildman–Crippen LogP) is 2.40. The van der Waals surface area contributed by atoms with Crippen LogP contribution in [0.25, 0.3) is 5.65 Å². The molecule has 0 aliphatic carbocycles. The van der Waals surface area contributed by atoms with Crippen molar-refractivity contribution < 1.29 is 9.18 Å². The predicted molar refractivity (Wildman–Crippen MR) is 113 cm³/mol. The van der Waals surface area contributed by atoms with Crippen LogP contribution in [-0.4, -0.2) is 37.8 Å². The van der Waals surface area contributed by atoms with Crippen molar-refractivity contribution in [2.45, 2.75) is 39.7 Å². The Hall–Kier alpha value is -3.56. The topological polar surface area (TPSA) is 117 Å². The second-order valence-corrected chi connectivity index (χ2v) is 7.79. The molecule has 0 aromatic carbocycles. The van der Waals surface area contributed by atoms with Crippen LogP contribution in [0.15, 0.2) is 29.2 Å². The summed E-state index contributed by atoms with van der Waals surface area (Å²) in [6.07, 6.45) is 2.06. The third-order valence-corrected chi connectivity index (χ3v) is 4.47. The molecule has 0 fully saturated rings. The Balaban J connectivity index is 2.11. The molecular weight excluding hydrogens is 389 g/mol. The first kappa shape index (κ1) is 21.2. The summed E-state index contributed by atoms with van der Waals surface area (Å²) in [6.45, 7) is 7.95. The van der Waals surface area contributed by atoms with E-state index in [4.69, 9.17) is 5.41 Å². The zero-order valence-corrected chi connectivity index (χ0v) is 17.3. The van der Waals surface area contributed by atoms with Crippen molar-refractivity contribution in [1.29, 1.82) is 5.41 Å². The largest absolute Gasteiger partial charge is 0.379 e. The number of halogens is 1. The fraction of sp³-hybridized carbons (Fsp3) is 0.350. The average molecular weight is 413 g/mol. The molecule has 0 aliphatic heterocycles. The Morgan fingerprint density at radius 3 is 2.63 bits per heavy atom. The number of amides is 1. The minimum Gasteiger partial charge on any atom is -0.379 e. The lowest BCUT2D eigenvalue weighted by Gasteiger charge is -2.14. The average Bonchev–Trinajstić information content (AvgIpc) is 3.13. The van der Waals surface area contributed by atoms with Crippen LogP contribution in [-0.2, 0) is 16.8 Å². The van der Waals surface area contributed by atoms with Crippen molar-refractivity contribution in [3.63, 3.8) is 0 Å². The summed E-state index contributed by atoms with van der Waals surface area (Å²) in [5.41, 5.74) is 0.872. The first-order chi connectivity index (χ1) is 14.2. The third-order valence-electron chi connectivity index (χ3n) is 4.47. The molecule has 158 valence electrons. The summed E-state index contributed by atoms with van der Waals surface area (Å²) >= 11 is 0. The van der Waals surface area contributed by atoms with Gasteiger partial charge in [0, 0.05) is 24.2 Å². The highest BCUT2D eigenvalue weighted by Gasteiger charge is 2.24. The molecule has 0 saturated carbocycles. The Bertz CT molecular complexity index is 1160. The van der Waals surface area contributed by atoms with E-state index in [2.05, 4.69) is 20.7 Å². The highest BCUT2D eigenvalue weighted by Crippen LogP contribution is 2.23. The number of aromatic nitrogens is 4. The van der Waals surface area contributed by atoms with E-state index in [1.54, 1.807) is 6.07 Å². The lowest BCUT2D eigenvalue weighted by atomic mass is 9.93. The molecule has 3 heterocycles. The zero-order valence-electron chi connectivity index (χ0n) is 17.3. The Morgan fingerprint density at radius 2 is 2.07 bits per heavy atom. The maximum Gasteiger partial charge on any atom is 0.278 e. The molecule has 1 amide bonds. The number of nitrogens with one attached hydrogen (secondary N) is 3. The molecule has 0 bridgehead atoms. The maximum atomic E-state index is 13.2. The van der Waals surface area contributed by atoms with Crippen LogP contribution in [0.4, 0.5) is 15.9 Å². The summed E-state index contributed by atoms with van der Waals surface area (Å²) in [7, 11) is 0. The minimum atomic E-state index is -0.516. The third kappa shape index (κ3) is 4.07. The monoisotopic (exact) mass is 413 g/mol. The quantitative estimate of drug-likeness (QED) is 0.537. The second kappa shape index (κ2) is 8.05. The van der Waals surface area contributed by atoms with Gasteiger partial charge in [-0.15, -0.1) is 0 Å². The van der Waals surface area contributed by atoms with Gasteiger partial charge in [-0.05, 0) is 19.1 Å². The molecule has 30 heavy (non-hydrogen) atoms. The fourth-order valence-electron chi connectivity index (χ4n) is 2.97. The van der Waals surface area contributed by atoms with Crippen LogP contribution in [0.1, 0.15) is 39.1 Å². The van der Waals surface area contributed by atoms with E-state index in [0.717, 1.165) is 12.4 Å². The molecule has 0 saturated heterocycles. The number of nitrogens with zero attached hydrogens (tertiary/aromatic N) is 4. The van der Waals surface area contributed by atoms with Crippen LogP contribution in [0, 0.1) is 11.2 Å². The van der Waals surface area contributed by atoms with E-state index in [9.17, 15) is 14.0 Å². The molecule has 0 spiro atoms. The molecule has 3 aromatic rings. The molecular formula is C20H24FN7O2. The molecule has 3 rings (SSSR count). The number of hydrogen-bond acceptors (Lipinski definition) is 6. The van der Waals surface area contributed by atoms with Gasteiger partial charge in [0.2, 0.25) is 5.91 Å². The van der Waals surface area contributed by atoms with Gasteiger partial charge in [-0.25, -0.2) is 13.9 Å². The fourth-order valence-corrected chi connectivity index (χ4v) is 2.97. The Kier molecular flexibility index (Phi) is 5.68. The van der Waals surface area contributed by atoms with E-state index < -0.39 is 17.3 Å². The number of carbonyl (C=O) groups excluding carboxylic acids is 1. The zero-order chi connectivity index (χ0) is 22.1. The number of rotatable bonds is 6. The molecule has 10 heteroatoms. The smallest absolute Gasteiger partial charge is 0.278 e. The van der Waals surface area contributed by atoms with Crippen molar-refractivity contribution in [3.05, 3.63) is 52.0 Å². The van der Waals surface area contributed by atoms with Crippen LogP contribution >= 0.6 is 0 Å². The molecule has 0 unspecified atom stereocenters. The van der Waals surface area contributed by atoms with Gasteiger partial charge in [0.15, 0.2) is 0 Å². The van der Waals surface area contributed by atoms with Crippen molar-refractivity contribution in [3.8, 4) is 0 Å². The van der Waals surface area contributed by atoms with Crippen LogP contribution in [0.5, 0.6) is 0 Å². The molecule has 3 aromatic heterocycles. The van der Waals surface area contributed by atoms with Gasteiger partial charge in [0.1, 0.15) is 35.2 Å². The van der Waals surface area contributed by atoms with Crippen molar-refractivity contribution in [1.82, 2.24) is 19.2 Å². The first-order valence-electron chi connectivity index (χ1n) is 9.48. The van der Waals surface area contributed by atoms with Gasteiger partial charge in [-0.2, -0.15) is 5.10 Å². The minimum absolute atomic E-state index is 0.178. The summed E-state index contributed by atoms with van der Waals surface area (Å²) < 4.78 is 15.8. The van der Waals surface area contributed by atoms with E-state index in [-0.39, 0.29) is 23.5 Å². The number of pyridine rings is 1. The van der Waals surface area contributed by atoms with Gasteiger partial charge in [-0.1, -0.05) is 20.8 Å². The summed E-state index contributed by atoms with van der Waals surface area (Å²) in [4.78, 5) is 29.5. The lowest BCUT2D eigenvalue weighted by molar-refractivity contribution is -0.116. The number of carbonyl (C=O) groups is 1. The summed E-state index contributed by atoms with van der Waals surface area (Å²) in [5, 5.41) is 17.9. The second-order valence-electron chi connectivity index (χ2n) is 7.79. The van der Waals surface area contributed by atoms with Gasteiger partial charge in [-0.3, -0.25) is 14.2 Å². The molecule has 0 radical (unpaired) electrons. The standard InChI is InChI=1S/C20H24FN7O2/c1-5-23-18-13(9-22)28-17(8-14(26-28)20(2,3)4)27(19(18)30)11-16(29)25-15-7-6-12(21)10-24-15/h6-10,22-23H,5,11H2,1-4H3,(H,24,25,29). The van der Waals surface area contributed by atoms with Crippen molar-refractivity contribution in [2.75, 3.05) is 17.2 Å². The number of fused-ring (bicyclic) bond motifs is 1. The van der Waals surface area contributed by atoms with Gasteiger partial charge < -0.3 is 16.0 Å². The number of hydrogen-bond donors (Lipinski definition) is 3. The van der Waals surface area contributed by atoms with Crippen LogP contribution in [0.2, 0.25) is 0 Å². The Morgan fingerprint density at radius 1 is 1.33 bits per heavy atom. The van der Waals surface area contributed by atoms with E-state index in [0.29, 0.717) is 23.6 Å². The molecule has 0 aliphatic rings. The summed E-state index contributed by atoms with van der Waals surface area (Å²) in [5.74, 6) is -0.837.